The van der Waals surface area contributed by atoms with E-state index in [1.807, 2.05) is 0 Å². The van der Waals surface area contributed by atoms with Gasteiger partial charge in [0.05, 0.1) is 31.5 Å². The normalized spacial score (nSPS) is 10.6. The molecule has 0 spiro atoms. The SMILES string of the molecule is COc1cc(NCC(OC)OC)c(OC)cc1Cl. The lowest BCUT2D eigenvalue weighted by atomic mass is 10.2. The molecule has 1 rings (SSSR count). The topological polar surface area (TPSA) is 49.0 Å². The third kappa shape index (κ3) is 3.66. The van der Waals surface area contributed by atoms with E-state index in [2.05, 4.69) is 5.32 Å². The van der Waals surface area contributed by atoms with Crippen molar-refractivity contribution in [2.75, 3.05) is 40.3 Å². The smallest absolute Gasteiger partial charge is 0.173 e. The van der Waals surface area contributed by atoms with Gasteiger partial charge in [-0.05, 0) is 0 Å². The van der Waals surface area contributed by atoms with Crippen molar-refractivity contribution in [2.45, 2.75) is 6.29 Å². The summed E-state index contributed by atoms with van der Waals surface area (Å²) in [7, 11) is 6.29. The minimum atomic E-state index is -0.337. The second-order valence-electron chi connectivity index (χ2n) is 3.47. The first-order chi connectivity index (χ1) is 8.65. The van der Waals surface area contributed by atoms with Crippen LogP contribution in [0.5, 0.6) is 11.5 Å². The largest absolute Gasteiger partial charge is 0.495 e. The predicted molar refractivity (Wildman–Crippen MR) is 70.9 cm³/mol. The molecule has 1 aromatic carbocycles. The predicted octanol–water partition coefficient (Wildman–Crippen LogP) is 2.39. The van der Waals surface area contributed by atoms with E-state index < -0.39 is 0 Å². The molecule has 0 unspecified atom stereocenters. The van der Waals surface area contributed by atoms with Crippen molar-refractivity contribution in [1.29, 1.82) is 0 Å². The van der Waals surface area contributed by atoms with Gasteiger partial charge >= 0.3 is 0 Å². The van der Waals surface area contributed by atoms with Gasteiger partial charge in [-0.1, -0.05) is 11.6 Å². The van der Waals surface area contributed by atoms with Crippen LogP contribution in [0.25, 0.3) is 0 Å². The van der Waals surface area contributed by atoms with Gasteiger partial charge in [0.25, 0.3) is 0 Å². The summed E-state index contributed by atoms with van der Waals surface area (Å²) in [5.74, 6) is 1.21. The Morgan fingerprint density at radius 2 is 1.67 bits per heavy atom. The lowest BCUT2D eigenvalue weighted by Crippen LogP contribution is -2.23. The highest BCUT2D eigenvalue weighted by molar-refractivity contribution is 6.32. The third-order valence-electron chi connectivity index (χ3n) is 2.46. The zero-order chi connectivity index (χ0) is 13.5. The Morgan fingerprint density at radius 1 is 1.06 bits per heavy atom. The molecule has 0 bridgehead atoms. The second-order valence-corrected chi connectivity index (χ2v) is 3.88. The molecule has 0 atom stereocenters. The molecule has 0 aliphatic rings. The van der Waals surface area contributed by atoms with Crippen molar-refractivity contribution in [1.82, 2.24) is 0 Å². The van der Waals surface area contributed by atoms with Gasteiger partial charge < -0.3 is 24.3 Å². The minimum Gasteiger partial charge on any atom is -0.495 e. The molecule has 0 aliphatic carbocycles. The zero-order valence-corrected chi connectivity index (χ0v) is 11.7. The maximum atomic E-state index is 6.02. The van der Waals surface area contributed by atoms with Crippen molar-refractivity contribution in [3.05, 3.63) is 17.2 Å². The number of rotatable bonds is 7. The Balaban J connectivity index is 2.85. The van der Waals surface area contributed by atoms with E-state index in [0.29, 0.717) is 23.1 Å². The van der Waals surface area contributed by atoms with E-state index in [0.717, 1.165) is 5.69 Å². The van der Waals surface area contributed by atoms with E-state index in [4.69, 9.17) is 30.5 Å². The molecule has 0 saturated heterocycles. The first-order valence-corrected chi connectivity index (χ1v) is 5.75. The van der Waals surface area contributed by atoms with E-state index in [-0.39, 0.29) is 6.29 Å². The number of benzene rings is 1. The maximum absolute atomic E-state index is 6.02. The van der Waals surface area contributed by atoms with Crippen LogP contribution in [0, 0.1) is 0 Å². The highest BCUT2D eigenvalue weighted by atomic mass is 35.5. The van der Waals surface area contributed by atoms with Crippen LogP contribution in [0.15, 0.2) is 12.1 Å². The Morgan fingerprint density at radius 3 is 2.17 bits per heavy atom. The fourth-order valence-corrected chi connectivity index (χ4v) is 1.69. The number of ether oxygens (including phenoxy) is 4. The first kappa shape index (κ1) is 14.9. The van der Waals surface area contributed by atoms with E-state index >= 15 is 0 Å². The third-order valence-corrected chi connectivity index (χ3v) is 2.75. The van der Waals surface area contributed by atoms with Crippen LogP contribution in [0.1, 0.15) is 0 Å². The van der Waals surface area contributed by atoms with E-state index in [9.17, 15) is 0 Å². The molecular weight excluding hydrogens is 258 g/mol. The van der Waals surface area contributed by atoms with Gasteiger partial charge in [-0.15, -0.1) is 0 Å². The van der Waals surface area contributed by atoms with Gasteiger partial charge in [0.1, 0.15) is 11.5 Å². The van der Waals surface area contributed by atoms with Crippen LogP contribution in [0.3, 0.4) is 0 Å². The number of hydrogen-bond acceptors (Lipinski definition) is 5. The summed E-state index contributed by atoms with van der Waals surface area (Å²) in [5, 5.41) is 3.65. The molecule has 18 heavy (non-hydrogen) atoms. The fourth-order valence-electron chi connectivity index (χ4n) is 1.45. The molecule has 0 aliphatic heterocycles. The average molecular weight is 276 g/mol. The van der Waals surface area contributed by atoms with Crippen LogP contribution >= 0.6 is 11.6 Å². The van der Waals surface area contributed by atoms with Gasteiger partial charge in [0.2, 0.25) is 0 Å². The van der Waals surface area contributed by atoms with Gasteiger partial charge in [-0.25, -0.2) is 0 Å². The molecule has 1 N–H and O–H groups in total. The Hall–Kier alpha value is -1.17. The fraction of sp³-hybridized carbons (Fsp3) is 0.500. The number of halogens is 1. The van der Waals surface area contributed by atoms with Crippen molar-refractivity contribution < 1.29 is 18.9 Å². The Bertz CT molecular complexity index is 383. The highest BCUT2D eigenvalue weighted by Crippen LogP contribution is 2.35. The lowest BCUT2D eigenvalue weighted by Gasteiger charge is -2.17. The van der Waals surface area contributed by atoms with Crippen LogP contribution in [-0.2, 0) is 9.47 Å². The lowest BCUT2D eigenvalue weighted by molar-refractivity contribution is -0.0914. The molecule has 0 saturated carbocycles. The summed E-state index contributed by atoms with van der Waals surface area (Å²) in [6.45, 7) is 0.480. The molecule has 0 heterocycles. The maximum Gasteiger partial charge on any atom is 0.173 e. The van der Waals surface area contributed by atoms with Crippen LogP contribution in [-0.4, -0.2) is 41.3 Å². The van der Waals surface area contributed by atoms with E-state index in [1.165, 1.54) is 0 Å². The molecule has 0 aromatic heterocycles. The van der Waals surface area contributed by atoms with Crippen molar-refractivity contribution in [3.8, 4) is 11.5 Å². The van der Waals surface area contributed by atoms with Gasteiger partial charge in [0, 0.05) is 26.4 Å². The van der Waals surface area contributed by atoms with Crippen LogP contribution in [0.2, 0.25) is 5.02 Å². The molecule has 0 fully saturated rings. The van der Waals surface area contributed by atoms with Crippen molar-refractivity contribution in [2.24, 2.45) is 0 Å². The molecule has 102 valence electrons. The number of anilines is 1. The van der Waals surface area contributed by atoms with Gasteiger partial charge in [-0.2, -0.15) is 0 Å². The summed E-state index contributed by atoms with van der Waals surface area (Å²) in [6.07, 6.45) is -0.337. The second kappa shape index (κ2) is 7.31. The Kier molecular flexibility index (Phi) is 6.04. The summed E-state index contributed by atoms with van der Waals surface area (Å²) in [5.41, 5.74) is 0.762. The number of nitrogens with one attached hydrogen (secondary N) is 1. The molecule has 0 amide bonds. The monoisotopic (exact) mass is 275 g/mol. The average Bonchev–Trinajstić information content (AvgIpc) is 2.40. The summed E-state index contributed by atoms with van der Waals surface area (Å²) in [6, 6.07) is 3.46. The molecule has 5 nitrogen and oxygen atoms in total. The minimum absolute atomic E-state index is 0.337. The molecular formula is C12H18ClNO4. The number of methoxy groups -OCH3 is 4. The quantitative estimate of drug-likeness (QED) is 0.775. The van der Waals surface area contributed by atoms with E-state index in [1.54, 1.807) is 40.6 Å². The summed E-state index contributed by atoms with van der Waals surface area (Å²) in [4.78, 5) is 0. The summed E-state index contributed by atoms with van der Waals surface area (Å²) >= 11 is 6.02. The highest BCUT2D eigenvalue weighted by Gasteiger charge is 2.11. The summed E-state index contributed by atoms with van der Waals surface area (Å²) < 4.78 is 20.6. The molecule has 0 radical (unpaired) electrons. The number of hydrogen-bond donors (Lipinski definition) is 1. The van der Waals surface area contributed by atoms with Gasteiger partial charge in [-0.3, -0.25) is 0 Å². The van der Waals surface area contributed by atoms with Crippen LogP contribution < -0.4 is 14.8 Å². The van der Waals surface area contributed by atoms with Crippen molar-refractivity contribution in [3.63, 3.8) is 0 Å². The molecule has 1 aromatic rings. The van der Waals surface area contributed by atoms with Crippen molar-refractivity contribution >= 4 is 17.3 Å². The zero-order valence-electron chi connectivity index (χ0n) is 11.0. The van der Waals surface area contributed by atoms with Crippen LogP contribution in [0.4, 0.5) is 5.69 Å². The first-order valence-electron chi connectivity index (χ1n) is 5.37. The Labute approximate surface area is 112 Å². The van der Waals surface area contributed by atoms with Gasteiger partial charge in [0.15, 0.2) is 6.29 Å². The molecule has 6 heteroatoms. The standard InChI is InChI=1S/C12H18ClNO4/c1-15-10-6-9(11(16-2)5-8(10)13)14-7-12(17-3)18-4/h5-6,12,14H,7H2,1-4H3.